The lowest BCUT2D eigenvalue weighted by Crippen LogP contribution is -2.19. The van der Waals surface area contributed by atoms with E-state index in [4.69, 9.17) is 5.10 Å². The van der Waals surface area contributed by atoms with Gasteiger partial charge in [-0.3, -0.25) is 4.68 Å². The van der Waals surface area contributed by atoms with Crippen molar-refractivity contribution in [2.75, 3.05) is 18.5 Å². The summed E-state index contributed by atoms with van der Waals surface area (Å²) in [6, 6.07) is 10.4. The lowest BCUT2D eigenvalue weighted by atomic mass is 10.1. The molecule has 128 valence electrons. The van der Waals surface area contributed by atoms with Crippen LogP contribution < -0.4 is 4.90 Å². The first-order valence-electron chi connectivity index (χ1n) is 8.58. The zero-order valence-electron chi connectivity index (χ0n) is 15.1. The molecule has 0 spiro atoms. The zero-order chi connectivity index (χ0) is 17.6. The molecular weight excluding hydrogens is 312 g/mol. The van der Waals surface area contributed by atoms with Crippen LogP contribution in [0.1, 0.15) is 19.0 Å². The summed E-state index contributed by atoms with van der Waals surface area (Å²) in [7, 11) is 4.04. The van der Waals surface area contributed by atoms with E-state index < -0.39 is 0 Å². The molecule has 4 aromatic rings. The van der Waals surface area contributed by atoms with E-state index in [0.29, 0.717) is 0 Å². The summed E-state index contributed by atoms with van der Waals surface area (Å²) in [6.07, 6.45) is 2.97. The minimum Gasteiger partial charge on any atom is -0.358 e. The average Bonchev–Trinajstić information content (AvgIpc) is 3.15. The number of fused-ring (bicyclic) bond motifs is 2. The van der Waals surface area contributed by atoms with Gasteiger partial charge < -0.3 is 4.90 Å². The molecule has 3 heterocycles. The second-order valence-corrected chi connectivity index (χ2v) is 6.47. The zero-order valence-corrected chi connectivity index (χ0v) is 15.1. The highest BCUT2D eigenvalue weighted by Gasteiger charge is 2.12. The Balaban J connectivity index is 1.86. The summed E-state index contributed by atoms with van der Waals surface area (Å²) in [4.78, 5) is 6.67. The Kier molecular flexibility index (Phi) is 3.67. The molecule has 0 aliphatic carbocycles. The number of benzene rings is 1. The van der Waals surface area contributed by atoms with Crippen molar-refractivity contribution in [2.45, 2.75) is 20.3 Å². The van der Waals surface area contributed by atoms with Gasteiger partial charge in [0.05, 0.1) is 23.1 Å². The van der Waals surface area contributed by atoms with Crippen LogP contribution in [-0.4, -0.2) is 38.0 Å². The molecule has 25 heavy (non-hydrogen) atoms. The van der Waals surface area contributed by atoms with Gasteiger partial charge in [-0.2, -0.15) is 5.10 Å². The summed E-state index contributed by atoms with van der Waals surface area (Å²) in [5.74, 6) is 0.950. The number of nitrogens with zero attached hydrogens (tertiary/aromatic N) is 6. The van der Waals surface area contributed by atoms with Crippen LogP contribution in [0, 0.1) is 6.92 Å². The molecule has 3 aromatic heterocycles. The van der Waals surface area contributed by atoms with E-state index >= 15 is 0 Å². The van der Waals surface area contributed by atoms with Crippen molar-refractivity contribution >= 4 is 22.4 Å². The molecule has 1 aromatic carbocycles. The summed E-state index contributed by atoms with van der Waals surface area (Å²) in [6.45, 7) is 5.18. The van der Waals surface area contributed by atoms with E-state index in [1.165, 1.54) is 5.39 Å². The Labute approximate surface area is 146 Å². The van der Waals surface area contributed by atoms with Gasteiger partial charge in [0.25, 0.3) is 0 Å². The molecule has 0 unspecified atom stereocenters. The summed E-state index contributed by atoms with van der Waals surface area (Å²) >= 11 is 0. The van der Waals surface area contributed by atoms with Crippen LogP contribution in [0.5, 0.6) is 0 Å². The molecule has 6 heteroatoms. The van der Waals surface area contributed by atoms with Crippen LogP contribution in [0.2, 0.25) is 0 Å². The quantitative estimate of drug-likeness (QED) is 0.574. The van der Waals surface area contributed by atoms with Crippen molar-refractivity contribution in [3.63, 3.8) is 0 Å². The number of aromatic nitrogens is 5. The second kappa shape index (κ2) is 5.88. The number of hydrogen-bond donors (Lipinski definition) is 0. The molecule has 0 bridgehead atoms. The molecule has 0 aliphatic heterocycles. The topological polar surface area (TPSA) is 51.2 Å². The van der Waals surface area contributed by atoms with Crippen molar-refractivity contribution in [3.05, 3.63) is 42.2 Å². The third-order valence-electron chi connectivity index (χ3n) is 4.63. The normalized spacial score (nSPS) is 11.5. The van der Waals surface area contributed by atoms with Crippen LogP contribution in [0.25, 0.3) is 27.8 Å². The van der Waals surface area contributed by atoms with Gasteiger partial charge in [0, 0.05) is 31.6 Å². The van der Waals surface area contributed by atoms with Crippen LogP contribution in [-0.2, 0) is 7.05 Å². The number of imidazole rings is 1. The molecule has 0 atom stereocenters. The van der Waals surface area contributed by atoms with Gasteiger partial charge in [-0.1, -0.05) is 19.1 Å². The Morgan fingerprint density at radius 1 is 1.12 bits per heavy atom. The number of hydrogen-bond acceptors (Lipinski definition) is 4. The third kappa shape index (κ3) is 2.54. The van der Waals surface area contributed by atoms with Crippen LogP contribution in [0.15, 0.2) is 36.5 Å². The lowest BCUT2D eigenvalue weighted by molar-refractivity contribution is 0.783. The highest BCUT2D eigenvalue weighted by atomic mass is 15.3. The molecule has 4 rings (SSSR count). The van der Waals surface area contributed by atoms with E-state index in [-0.39, 0.29) is 0 Å². The first-order valence-corrected chi connectivity index (χ1v) is 8.58. The van der Waals surface area contributed by atoms with Gasteiger partial charge in [-0.05, 0) is 31.5 Å². The van der Waals surface area contributed by atoms with Crippen LogP contribution in [0.3, 0.4) is 0 Å². The van der Waals surface area contributed by atoms with Crippen molar-refractivity contribution in [3.8, 4) is 11.3 Å². The van der Waals surface area contributed by atoms with Crippen LogP contribution >= 0.6 is 0 Å². The second-order valence-electron chi connectivity index (χ2n) is 6.47. The SMILES string of the molecule is CCCN(C)c1ccc2ncc(-c3ccc4c(C)nn(C)c4c3)n2n1. The van der Waals surface area contributed by atoms with Crippen molar-refractivity contribution in [2.24, 2.45) is 7.05 Å². The van der Waals surface area contributed by atoms with Gasteiger partial charge in [0.15, 0.2) is 5.65 Å². The molecule has 0 fully saturated rings. The standard InChI is InChI=1S/C19H22N6/c1-5-10-23(3)19-9-8-18-20-12-17(25(18)22-19)14-6-7-15-13(2)21-24(4)16(15)11-14/h6-9,11-12H,5,10H2,1-4H3. The van der Waals surface area contributed by atoms with Crippen molar-refractivity contribution < 1.29 is 0 Å². The van der Waals surface area contributed by atoms with E-state index in [1.54, 1.807) is 0 Å². The Morgan fingerprint density at radius 2 is 1.96 bits per heavy atom. The molecule has 0 aliphatic rings. The first-order chi connectivity index (χ1) is 12.1. The maximum Gasteiger partial charge on any atom is 0.154 e. The minimum absolute atomic E-state index is 0.852. The number of aryl methyl sites for hydroxylation is 2. The number of anilines is 1. The lowest BCUT2D eigenvalue weighted by Gasteiger charge is -2.17. The van der Waals surface area contributed by atoms with Gasteiger partial charge in [-0.25, -0.2) is 9.50 Å². The van der Waals surface area contributed by atoms with Gasteiger partial charge in [-0.15, -0.1) is 5.10 Å². The van der Waals surface area contributed by atoms with Crippen molar-refractivity contribution in [1.82, 2.24) is 24.4 Å². The third-order valence-corrected chi connectivity index (χ3v) is 4.63. The fourth-order valence-corrected chi connectivity index (χ4v) is 3.31. The van der Waals surface area contributed by atoms with Gasteiger partial charge in [0.1, 0.15) is 5.82 Å². The molecular formula is C19H22N6. The fraction of sp³-hybridized carbons (Fsp3) is 0.316. The Bertz CT molecular complexity index is 1060. The Hall–Kier alpha value is -2.89. The maximum absolute atomic E-state index is 4.80. The molecule has 0 radical (unpaired) electrons. The first kappa shape index (κ1) is 15.6. The monoisotopic (exact) mass is 334 g/mol. The molecule has 0 N–H and O–H groups in total. The van der Waals surface area contributed by atoms with Crippen molar-refractivity contribution in [1.29, 1.82) is 0 Å². The summed E-state index contributed by atoms with van der Waals surface area (Å²) in [5.41, 5.74) is 5.09. The molecule has 0 saturated carbocycles. The number of rotatable bonds is 4. The van der Waals surface area contributed by atoms with E-state index in [9.17, 15) is 0 Å². The highest BCUT2D eigenvalue weighted by Crippen LogP contribution is 2.26. The van der Waals surface area contributed by atoms with E-state index in [2.05, 4.69) is 47.2 Å². The smallest absolute Gasteiger partial charge is 0.154 e. The largest absolute Gasteiger partial charge is 0.358 e. The summed E-state index contributed by atoms with van der Waals surface area (Å²) < 4.78 is 3.84. The van der Waals surface area contributed by atoms with E-state index in [0.717, 1.165) is 46.9 Å². The average molecular weight is 334 g/mol. The highest BCUT2D eigenvalue weighted by molar-refractivity contribution is 5.86. The Morgan fingerprint density at radius 3 is 2.76 bits per heavy atom. The van der Waals surface area contributed by atoms with Crippen LogP contribution in [0.4, 0.5) is 5.82 Å². The van der Waals surface area contributed by atoms with Gasteiger partial charge in [0.2, 0.25) is 0 Å². The summed E-state index contributed by atoms with van der Waals surface area (Å²) in [5, 5.41) is 10.5. The molecule has 6 nitrogen and oxygen atoms in total. The molecule has 0 saturated heterocycles. The minimum atomic E-state index is 0.852. The molecule has 0 amide bonds. The predicted molar refractivity (Wildman–Crippen MR) is 101 cm³/mol. The fourth-order valence-electron chi connectivity index (χ4n) is 3.31. The van der Waals surface area contributed by atoms with Gasteiger partial charge >= 0.3 is 0 Å². The predicted octanol–water partition coefficient (Wildman–Crippen LogP) is 3.44. The maximum atomic E-state index is 4.80. The van der Waals surface area contributed by atoms with E-state index in [1.807, 2.05) is 41.5 Å².